The van der Waals surface area contributed by atoms with Gasteiger partial charge in [-0.05, 0) is 37.1 Å². The Morgan fingerprint density at radius 1 is 1.43 bits per heavy atom. The third-order valence-corrected chi connectivity index (χ3v) is 4.65. The molecule has 1 amide bonds. The quantitative estimate of drug-likeness (QED) is 0.877. The van der Waals surface area contributed by atoms with Crippen molar-refractivity contribution in [2.75, 3.05) is 11.6 Å². The van der Waals surface area contributed by atoms with Gasteiger partial charge >= 0.3 is 0 Å². The van der Waals surface area contributed by atoms with Crippen molar-refractivity contribution in [3.8, 4) is 0 Å². The SMILES string of the molecule is CSc1ccccc1NC(=O)c1noc2c1C[C@@H](C)CC2. The number of nitrogens with zero attached hydrogens (tertiary/aromatic N) is 1. The summed E-state index contributed by atoms with van der Waals surface area (Å²) in [5.41, 5.74) is 2.23. The normalized spacial score (nSPS) is 17.3. The second kappa shape index (κ2) is 5.93. The summed E-state index contributed by atoms with van der Waals surface area (Å²) in [6, 6.07) is 7.76. The van der Waals surface area contributed by atoms with Crippen molar-refractivity contribution in [1.82, 2.24) is 5.16 Å². The van der Waals surface area contributed by atoms with Crippen molar-refractivity contribution >= 4 is 23.4 Å². The molecule has 0 saturated heterocycles. The number of anilines is 1. The van der Waals surface area contributed by atoms with E-state index in [9.17, 15) is 4.79 Å². The first-order valence-corrected chi connectivity index (χ1v) is 8.33. The van der Waals surface area contributed by atoms with Crippen LogP contribution in [0.15, 0.2) is 33.7 Å². The van der Waals surface area contributed by atoms with Crippen LogP contribution in [0.4, 0.5) is 5.69 Å². The highest BCUT2D eigenvalue weighted by molar-refractivity contribution is 7.98. The van der Waals surface area contributed by atoms with Crippen molar-refractivity contribution in [1.29, 1.82) is 0 Å². The van der Waals surface area contributed by atoms with Crippen LogP contribution in [0.1, 0.15) is 35.2 Å². The summed E-state index contributed by atoms with van der Waals surface area (Å²) in [6.45, 7) is 2.20. The molecule has 1 atom stereocenters. The zero-order valence-electron chi connectivity index (χ0n) is 12.2. The van der Waals surface area contributed by atoms with Crippen LogP contribution in [-0.2, 0) is 12.8 Å². The van der Waals surface area contributed by atoms with Crippen LogP contribution in [0, 0.1) is 5.92 Å². The van der Waals surface area contributed by atoms with Gasteiger partial charge in [0.25, 0.3) is 5.91 Å². The van der Waals surface area contributed by atoms with Crippen molar-refractivity contribution in [3.63, 3.8) is 0 Å². The third kappa shape index (κ3) is 2.83. The van der Waals surface area contributed by atoms with Gasteiger partial charge in [-0.3, -0.25) is 4.79 Å². The Bertz CT molecular complexity index is 666. The summed E-state index contributed by atoms with van der Waals surface area (Å²) in [7, 11) is 0. The topological polar surface area (TPSA) is 55.1 Å². The van der Waals surface area contributed by atoms with Crippen LogP contribution in [0.3, 0.4) is 0 Å². The van der Waals surface area contributed by atoms with E-state index in [1.54, 1.807) is 11.8 Å². The van der Waals surface area contributed by atoms with Gasteiger partial charge in [0.2, 0.25) is 0 Å². The molecule has 0 aliphatic heterocycles. The Morgan fingerprint density at radius 2 is 2.24 bits per heavy atom. The van der Waals surface area contributed by atoms with E-state index in [0.29, 0.717) is 11.6 Å². The molecule has 0 radical (unpaired) electrons. The molecule has 1 aliphatic carbocycles. The first kappa shape index (κ1) is 14.2. The molecule has 1 aromatic heterocycles. The second-order valence-corrected chi connectivity index (χ2v) is 6.28. The zero-order valence-corrected chi connectivity index (χ0v) is 13.0. The predicted molar refractivity (Wildman–Crippen MR) is 83.9 cm³/mol. The molecule has 0 bridgehead atoms. The van der Waals surface area contributed by atoms with Crippen molar-refractivity contribution in [2.45, 2.75) is 31.1 Å². The molecule has 1 N–H and O–H groups in total. The number of nitrogens with one attached hydrogen (secondary N) is 1. The van der Waals surface area contributed by atoms with Gasteiger partial charge in [0.1, 0.15) is 5.76 Å². The monoisotopic (exact) mass is 302 g/mol. The number of aryl methyl sites for hydroxylation is 1. The highest BCUT2D eigenvalue weighted by Crippen LogP contribution is 2.29. The lowest BCUT2D eigenvalue weighted by Gasteiger charge is -2.16. The van der Waals surface area contributed by atoms with Crippen LogP contribution in [-0.4, -0.2) is 17.3 Å². The molecule has 3 rings (SSSR count). The summed E-state index contributed by atoms with van der Waals surface area (Å²) in [4.78, 5) is 13.5. The smallest absolute Gasteiger partial charge is 0.278 e. The van der Waals surface area contributed by atoms with E-state index in [4.69, 9.17) is 4.52 Å². The largest absolute Gasteiger partial charge is 0.360 e. The number of amides is 1. The fraction of sp³-hybridized carbons (Fsp3) is 0.375. The molecule has 5 heteroatoms. The van der Waals surface area contributed by atoms with Crippen molar-refractivity contribution in [3.05, 3.63) is 41.3 Å². The molecule has 1 aromatic carbocycles. The summed E-state index contributed by atoms with van der Waals surface area (Å²) < 4.78 is 5.33. The number of para-hydroxylation sites is 1. The second-order valence-electron chi connectivity index (χ2n) is 5.44. The Kier molecular flexibility index (Phi) is 4.01. The van der Waals surface area contributed by atoms with Gasteiger partial charge in [-0.15, -0.1) is 11.8 Å². The van der Waals surface area contributed by atoms with Gasteiger partial charge in [-0.25, -0.2) is 0 Å². The molecule has 0 fully saturated rings. The zero-order chi connectivity index (χ0) is 14.8. The van der Waals surface area contributed by atoms with Crippen LogP contribution in [0.5, 0.6) is 0 Å². The van der Waals surface area contributed by atoms with E-state index >= 15 is 0 Å². The number of thioether (sulfide) groups is 1. The average molecular weight is 302 g/mol. The van der Waals surface area contributed by atoms with Crippen LogP contribution >= 0.6 is 11.8 Å². The third-order valence-electron chi connectivity index (χ3n) is 3.86. The number of hydrogen-bond donors (Lipinski definition) is 1. The molecule has 0 spiro atoms. The average Bonchev–Trinajstić information content (AvgIpc) is 2.90. The molecule has 2 aromatic rings. The minimum atomic E-state index is -0.185. The summed E-state index contributed by atoms with van der Waals surface area (Å²) in [5.74, 6) is 1.26. The van der Waals surface area contributed by atoms with Gasteiger partial charge in [0.05, 0.1) is 5.69 Å². The summed E-state index contributed by atoms with van der Waals surface area (Å²) in [6.07, 6.45) is 4.83. The van der Waals surface area contributed by atoms with Crippen LogP contribution in [0.2, 0.25) is 0 Å². The maximum absolute atomic E-state index is 12.5. The van der Waals surface area contributed by atoms with E-state index < -0.39 is 0 Å². The number of carbonyl (C=O) groups excluding carboxylic acids is 1. The number of carbonyl (C=O) groups is 1. The number of hydrogen-bond acceptors (Lipinski definition) is 4. The van der Waals surface area contributed by atoms with Crippen molar-refractivity contribution < 1.29 is 9.32 Å². The van der Waals surface area contributed by atoms with E-state index in [1.807, 2.05) is 30.5 Å². The number of rotatable bonds is 3. The fourth-order valence-corrected chi connectivity index (χ4v) is 3.24. The molecule has 0 unspecified atom stereocenters. The van der Waals surface area contributed by atoms with Crippen LogP contribution in [0.25, 0.3) is 0 Å². The maximum atomic E-state index is 12.5. The summed E-state index contributed by atoms with van der Waals surface area (Å²) in [5, 5.41) is 6.94. The lowest BCUT2D eigenvalue weighted by molar-refractivity contribution is 0.101. The van der Waals surface area contributed by atoms with E-state index in [1.165, 1.54) is 0 Å². The highest BCUT2D eigenvalue weighted by Gasteiger charge is 2.27. The molecule has 21 heavy (non-hydrogen) atoms. The molecule has 1 aliphatic rings. The van der Waals surface area contributed by atoms with Crippen molar-refractivity contribution in [2.24, 2.45) is 5.92 Å². The standard InChI is InChI=1S/C16H18N2O2S/c1-10-7-8-13-11(9-10)15(18-20-13)16(19)17-12-5-3-4-6-14(12)21-2/h3-6,10H,7-9H2,1-2H3,(H,17,19)/t10-/m0/s1. The lowest BCUT2D eigenvalue weighted by atomic mass is 9.88. The number of aromatic nitrogens is 1. The van der Waals surface area contributed by atoms with Gasteiger partial charge in [-0.1, -0.05) is 24.2 Å². The highest BCUT2D eigenvalue weighted by atomic mass is 32.2. The van der Waals surface area contributed by atoms with Gasteiger partial charge in [0.15, 0.2) is 5.69 Å². The number of benzene rings is 1. The van der Waals surface area contributed by atoms with Gasteiger partial charge in [0, 0.05) is 16.9 Å². The minimum Gasteiger partial charge on any atom is -0.360 e. The molecule has 110 valence electrons. The Hall–Kier alpha value is -1.75. The van der Waals surface area contributed by atoms with Gasteiger partial charge < -0.3 is 9.84 Å². The fourth-order valence-electron chi connectivity index (χ4n) is 2.69. The Labute approximate surface area is 128 Å². The number of fused-ring (bicyclic) bond motifs is 1. The van der Waals surface area contributed by atoms with E-state index in [2.05, 4.69) is 17.4 Å². The van der Waals surface area contributed by atoms with Gasteiger partial charge in [-0.2, -0.15) is 0 Å². The minimum absolute atomic E-state index is 0.185. The maximum Gasteiger partial charge on any atom is 0.278 e. The molecular weight excluding hydrogens is 284 g/mol. The molecule has 4 nitrogen and oxygen atoms in total. The lowest BCUT2D eigenvalue weighted by Crippen LogP contribution is -2.18. The summed E-state index contributed by atoms with van der Waals surface area (Å²) >= 11 is 1.61. The molecular formula is C16H18N2O2S. The van der Waals surface area contributed by atoms with Crippen LogP contribution < -0.4 is 5.32 Å². The van der Waals surface area contributed by atoms with E-state index in [-0.39, 0.29) is 5.91 Å². The Balaban J connectivity index is 1.85. The molecule has 0 saturated carbocycles. The first-order valence-electron chi connectivity index (χ1n) is 7.11. The first-order chi connectivity index (χ1) is 10.2. The predicted octanol–water partition coefficient (Wildman–Crippen LogP) is 3.77. The van der Waals surface area contributed by atoms with E-state index in [0.717, 1.165) is 41.2 Å². The Morgan fingerprint density at radius 3 is 3.05 bits per heavy atom. The molecule has 1 heterocycles.